The molecule has 128 valence electrons. The van der Waals surface area contributed by atoms with Crippen molar-refractivity contribution < 1.29 is 30.6 Å². The van der Waals surface area contributed by atoms with Crippen LogP contribution in [0.4, 0.5) is 0 Å². The van der Waals surface area contributed by atoms with Crippen LogP contribution in [-0.2, 0) is 0 Å². The predicted octanol–water partition coefficient (Wildman–Crippen LogP) is -4.90. The molecule has 23 heavy (non-hydrogen) atoms. The Morgan fingerprint density at radius 3 is 1.65 bits per heavy atom. The fourth-order valence-electron chi connectivity index (χ4n) is 2.08. The molecular weight excluding hydrogens is 316 g/mol. The number of aromatic amines is 3. The topological polar surface area (TPSA) is 216 Å². The first-order chi connectivity index (χ1) is 10.7. The number of fused-ring (bicyclic) bond motifs is 1. The van der Waals surface area contributed by atoms with Gasteiger partial charge in [0.1, 0.15) is 42.1 Å². The van der Waals surface area contributed by atoms with Crippen LogP contribution in [0, 0.1) is 0 Å². The number of hydrogen-bond acceptors (Lipinski definition) is 9. The zero-order chi connectivity index (χ0) is 17.3. The molecule has 1 fully saturated rings. The highest BCUT2D eigenvalue weighted by Gasteiger charge is 2.47. The first kappa shape index (κ1) is 17.3. The number of nitrogens with one attached hydrogen (secondary N) is 3. The van der Waals surface area contributed by atoms with E-state index in [1.54, 1.807) is 0 Å². The Labute approximate surface area is 126 Å². The van der Waals surface area contributed by atoms with E-state index in [-0.39, 0.29) is 11.2 Å². The number of aromatic nitrogens is 4. The van der Waals surface area contributed by atoms with E-state index in [1.807, 2.05) is 0 Å². The van der Waals surface area contributed by atoms with Crippen LogP contribution in [-0.4, -0.2) is 87.2 Å². The van der Waals surface area contributed by atoms with E-state index in [9.17, 15) is 9.59 Å². The van der Waals surface area contributed by atoms with Crippen LogP contribution in [0.15, 0.2) is 15.9 Å². The Morgan fingerprint density at radius 1 is 0.783 bits per heavy atom. The maximum absolute atomic E-state index is 10.9. The summed E-state index contributed by atoms with van der Waals surface area (Å²) < 4.78 is 0. The Bertz CT molecular complexity index is 710. The average Bonchev–Trinajstić information content (AvgIpc) is 2.98. The van der Waals surface area contributed by atoms with E-state index >= 15 is 0 Å². The fraction of sp³-hybridized carbons (Fsp3) is 0.545. The van der Waals surface area contributed by atoms with Gasteiger partial charge in [0, 0.05) is 0 Å². The summed E-state index contributed by atoms with van der Waals surface area (Å²) in [5.74, 6) is 0. The van der Waals surface area contributed by atoms with Crippen LogP contribution in [0.2, 0.25) is 0 Å². The minimum Gasteiger partial charge on any atom is -0.387 e. The van der Waals surface area contributed by atoms with Crippen molar-refractivity contribution in [3.8, 4) is 0 Å². The molecule has 0 aliphatic heterocycles. The van der Waals surface area contributed by atoms with E-state index in [4.69, 9.17) is 30.6 Å². The van der Waals surface area contributed by atoms with Crippen LogP contribution in [0.1, 0.15) is 0 Å². The minimum absolute atomic E-state index is 0.277. The molecule has 9 N–H and O–H groups in total. The number of aliphatic hydroxyl groups is 6. The van der Waals surface area contributed by atoms with Gasteiger partial charge in [0.15, 0.2) is 5.65 Å². The van der Waals surface area contributed by atoms with E-state index in [2.05, 4.69) is 19.9 Å². The fourth-order valence-corrected chi connectivity index (χ4v) is 2.08. The van der Waals surface area contributed by atoms with E-state index < -0.39 is 47.9 Å². The van der Waals surface area contributed by atoms with Gasteiger partial charge < -0.3 is 35.6 Å². The van der Waals surface area contributed by atoms with Gasteiger partial charge in [-0.1, -0.05) is 0 Å². The van der Waals surface area contributed by atoms with Gasteiger partial charge in [-0.3, -0.25) is 14.8 Å². The Kier molecular flexibility index (Phi) is 4.93. The SMILES string of the molecule is O=c1[nH]c(=O)c2[nH]cnc2[nH]1.O[C@H]1[C@H](O)[C@@H](O)[C@H](O)[C@@H](O)[C@H]1O. The van der Waals surface area contributed by atoms with Crippen LogP contribution in [0.5, 0.6) is 0 Å². The molecule has 1 aliphatic carbocycles. The van der Waals surface area contributed by atoms with E-state index in [0.29, 0.717) is 0 Å². The lowest BCUT2D eigenvalue weighted by Crippen LogP contribution is -2.63. The lowest BCUT2D eigenvalue weighted by molar-refractivity contribution is -0.223. The van der Waals surface area contributed by atoms with Crippen LogP contribution in [0.3, 0.4) is 0 Å². The summed E-state index contributed by atoms with van der Waals surface area (Å²) in [5, 5.41) is 53.8. The molecule has 0 saturated heterocycles. The van der Waals surface area contributed by atoms with Crippen molar-refractivity contribution in [2.45, 2.75) is 36.6 Å². The second-order valence-electron chi connectivity index (χ2n) is 4.98. The Morgan fingerprint density at radius 2 is 1.22 bits per heavy atom. The molecule has 12 heteroatoms. The van der Waals surface area contributed by atoms with E-state index in [0.717, 1.165) is 0 Å². The zero-order valence-corrected chi connectivity index (χ0v) is 11.5. The van der Waals surface area contributed by atoms with Crippen molar-refractivity contribution in [3.63, 3.8) is 0 Å². The van der Waals surface area contributed by atoms with E-state index in [1.165, 1.54) is 6.33 Å². The van der Waals surface area contributed by atoms with Gasteiger partial charge in [-0.2, -0.15) is 0 Å². The monoisotopic (exact) mass is 332 g/mol. The van der Waals surface area contributed by atoms with Crippen molar-refractivity contribution in [2.75, 3.05) is 0 Å². The maximum atomic E-state index is 10.9. The molecule has 0 atom stereocenters. The predicted molar refractivity (Wildman–Crippen MR) is 73.4 cm³/mol. The molecule has 0 unspecified atom stereocenters. The second kappa shape index (κ2) is 6.57. The number of aliphatic hydroxyl groups excluding tert-OH is 6. The third kappa shape index (κ3) is 3.31. The minimum atomic E-state index is -1.64. The third-order valence-corrected chi connectivity index (χ3v) is 3.42. The molecule has 2 aromatic rings. The van der Waals surface area contributed by atoms with Crippen molar-refractivity contribution in [3.05, 3.63) is 27.2 Å². The summed E-state index contributed by atoms with van der Waals surface area (Å²) in [6.07, 6.45) is -8.50. The first-order valence-electron chi connectivity index (χ1n) is 6.48. The molecule has 2 aromatic heterocycles. The number of hydrogen-bond donors (Lipinski definition) is 9. The highest BCUT2D eigenvalue weighted by molar-refractivity contribution is 5.67. The maximum Gasteiger partial charge on any atom is 0.327 e. The lowest BCUT2D eigenvalue weighted by atomic mass is 9.85. The number of imidazole rings is 1. The van der Waals surface area contributed by atoms with Crippen LogP contribution >= 0.6 is 0 Å². The third-order valence-electron chi connectivity index (χ3n) is 3.42. The van der Waals surface area contributed by atoms with Crippen LogP contribution < -0.4 is 11.2 Å². The molecular formula is C11H16N4O8. The van der Waals surface area contributed by atoms with Gasteiger partial charge in [-0.15, -0.1) is 0 Å². The first-order valence-corrected chi connectivity index (χ1v) is 6.48. The van der Waals surface area contributed by atoms with Crippen molar-refractivity contribution in [1.82, 2.24) is 19.9 Å². The van der Waals surface area contributed by atoms with Gasteiger partial charge >= 0.3 is 5.69 Å². The molecule has 1 aliphatic rings. The molecule has 0 radical (unpaired) electrons. The Balaban J connectivity index is 0.000000167. The summed E-state index contributed by atoms with van der Waals surface area (Å²) in [6, 6.07) is 0. The summed E-state index contributed by atoms with van der Waals surface area (Å²) in [7, 11) is 0. The van der Waals surface area contributed by atoms with Gasteiger partial charge in [0.2, 0.25) is 0 Å². The summed E-state index contributed by atoms with van der Waals surface area (Å²) >= 11 is 0. The Hall–Kier alpha value is -2.09. The highest BCUT2D eigenvalue weighted by atomic mass is 16.4. The molecule has 12 nitrogen and oxygen atoms in total. The normalized spacial score (nSPS) is 34.0. The summed E-state index contributed by atoms with van der Waals surface area (Å²) in [5.41, 5.74) is -0.445. The van der Waals surface area contributed by atoms with Crippen molar-refractivity contribution in [1.29, 1.82) is 0 Å². The number of rotatable bonds is 0. The summed E-state index contributed by atoms with van der Waals surface area (Å²) in [4.78, 5) is 32.3. The number of H-pyrrole nitrogens is 3. The summed E-state index contributed by atoms with van der Waals surface area (Å²) in [6.45, 7) is 0. The molecule has 0 amide bonds. The molecule has 3 rings (SSSR count). The van der Waals surface area contributed by atoms with Gasteiger partial charge in [0.05, 0.1) is 6.33 Å². The van der Waals surface area contributed by atoms with Crippen LogP contribution in [0.25, 0.3) is 11.2 Å². The zero-order valence-electron chi connectivity index (χ0n) is 11.5. The lowest BCUT2D eigenvalue weighted by Gasteiger charge is -2.39. The molecule has 2 heterocycles. The largest absolute Gasteiger partial charge is 0.387 e. The van der Waals surface area contributed by atoms with Gasteiger partial charge in [-0.25, -0.2) is 9.78 Å². The smallest absolute Gasteiger partial charge is 0.327 e. The number of nitrogens with zero attached hydrogens (tertiary/aromatic N) is 1. The average molecular weight is 332 g/mol. The second-order valence-corrected chi connectivity index (χ2v) is 4.98. The standard InChI is InChI=1S/C6H12O6.C5H4N4O2/c7-1-2(8)4(10)6(12)5(11)3(1)9;10-4-2-3(7-1-6-2)8-5(11)9-4/h1-12H;1H,(H3,6,7,8,9,10,11)/t1-,2-,3-,4+,5-,6-;. The van der Waals surface area contributed by atoms with Gasteiger partial charge in [0.25, 0.3) is 5.56 Å². The molecule has 0 aromatic carbocycles. The molecule has 0 bridgehead atoms. The van der Waals surface area contributed by atoms with Crippen molar-refractivity contribution in [2.24, 2.45) is 0 Å². The van der Waals surface area contributed by atoms with Gasteiger partial charge in [-0.05, 0) is 0 Å². The van der Waals surface area contributed by atoms with Crippen molar-refractivity contribution >= 4 is 11.2 Å². The quantitative estimate of drug-likeness (QED) is 0.225. The highest BCUT2D eigenvalue weighted by Crippen LogP contribution is 2.20. The molecule has 0 spiro atoms. The molecule has 1 saturated carbocycles.